The summed E-state index contributed by atoms with van der Waals surface area (Å²) in [6.45, 7) is 1.56. The van der Waals surface area contributed by atoms with Gasteiger partial charge < -0.3 is 21.2 Å². The van der Waals surface area contributed by atoms with Gasteiger partial charge in [0.25, 0.3) is 5.91 Å². The Morgan fingerprint density at radius 2 is 2.20 bits per heavy atom. The lowest BCUT2D eigenvalue weighted by Crippen LogP contribution is -2.62. The van der Waals surface area contributed by atoms with Crippen molar-refractivity contribution in [2.75, 3.05) is 20.1 Å². The molecule has 0 spiro atoms. The molecule has 1 fully saturated rings. The third kappa shape index (κ3) is 3.13. The molecule has 2 rings (SSSR count). The van der Waals surface area contributed by atoms with Crippen molar-refractivity contribution in [3.63, 3.8) is 0 Å². The van der Waals surface area contributed by atoms with Gasteiger partial charge in [0.05, 0.1) is 8.66 Å². The van der Waals surface area contributed by atoms with Crippen molar-refractivity contribution in [2.24, 2.45) is 10.9 Å². The third-order valence-corrected chi connectivity index (χ3v) is 5.21. The molecule has 0 saturated carbocycles. The summed E-state index contributed by atoms with van der Waals surface area (Å²) in [7, 11) is 2.01. The SMILES string of the molecule is CN1CCC(NC(=O)c2ccc(Br)s2)(/C(N)=N/O)CC1. The number of rotatable bonds is 3. The second-order valence-electron chi connectivity index (χ2n) is 4.93. The summed E-state index contributed by atoms with van der Waals surface area (Å²) < 4.78 is 0.892. The highest BCUT2D eigenvalue weighted by Crippen LogP contribution is 2.26. The first-order valence-corrected chi connectivity index (χ1v) is 7.82. The second-order valence-corrected chi connectivity index (χ2v) is 7.39. The number of carbonyl (C=O) groups excluding carboxylic acids is 1. The lowest BCUT2D eigenvalue weighted by atomic mass is 9.86. The van der Waals surface area contributed by atoms with E-state index >= 15 is 0 Å². The van der Waals surface area contributed by atoms with Crippen LogP contribution in [0.2, 0.25) is 0 Å². The zero-order valence-electron chi connectivity index (χ0n) is 11.1. The van der Waals surface area contributed by atoms with Crippen LogP contribution in [0, 0.1) is 0 Å². The van der Waals surface area contributed by atoms with Crippen LogP contribution in [-0.2, 0) is 0 Å². The molecular weight excluding hydrogens is 344 g/mol. The summed E-state index contributed by atoms with van der Waals surface area (Å²) in [5, 5.41) is 15.1. The molecule has 0 atom stereocenters. The van der Waals surface area contributed by atoms with Gasteiger partial charge >= 0.3 is 0 Å². The zero-order chi connectivity index (χ0) is 14.8. The molecule has 4 N–H and O–H groups in total. The van der Waals surface area contributed by atoms with Gasteiger partial charge in [0.15, 0.2) is 5.84 Å². The minimum Gasteiger partial charge on any atom is -0.409 e. The Labute approximate surface area is 129 Å². The zero-order valence-corrected chi connectivity index (χ0v) is 13.5. The summed E-state index contributed by atoms with van der Waals surface area (Å²) in [6, 6.07) is 3.57. The Hall–Kier alpha value is -1.12. The van der Waals surface area contributed by atoms with Gasteiger partial charge in [-0.15, -0.1) is 11.3 Å². The number of likely N-dealkylation sites (tertiary alicyclic amines) is 1. The lowest BCUT2D eigenvalue weighted by Gasteiger charge is -2.40. The van der Waals surface area contributed by atoms with Gasteiger partial charge in [-0.2, -0.15) is 0 Å². The van der Waals surface area contributed by atoms with Crippen LogP contribution < -0.4 is 11.1 Å². The van der Waals surface area contributed by atoms with Gasteiger partial charge in [-0.25, -0.2) is 0 Å². The van der Waals surface area contributed by atoms with Crippen molar-refractivity contribution in [1.29, 1.82) is 0 Å². The fourth-order valence-electron chi connectivity index (χ4n) is 2.26. The first-order valence-electron chi connectivity index (χ1n) is 6.21. The standard InChI is InChI=1S/C12H17BrN4O2S/c1-17-6-4-12(5-7-17,11(14)16-19)15-10(18)8-2-3-9(13)20-8/h2-3,19H,4-7H2,1H3,(H2,14,16)(H,15,18). The largest absolute Gasteiger partial charge is 0.409 e. The van der Waals surface area contributed by atoms with E-state index in [9.17, 15) is 4.79 Å². The smallest absolute Gasteiger partial charge is 0.262 e. The van der Waals surface area contributed by atoms with Crippen molar-refractivity contribution in [2.45, 2.75) is 18.4 Å². The first-order chi connectivity index (χ1) is 9.47. The molecule has 6 nitrogen and oxygen atoms in total. The second kappa shape index (κ2) is 6.11. The van der Waals surface area contributed by atoms with Crippen LogP contribution >= 0.6 is 27.3 Å². The number of piperidine rings is 1. The van der Waals surface area contributed by atoms with Gasteiger partial charge in [-0.05, 0) is 48.0 Å². The van der Waals surface area contributed by atoms with E-state index in [-0.39, 0.29) is 11.7 Å². The molecule has 1 aromatic heterocycles. The Bertz CT molecular complexity index is 523. The quantitative estimate of drug-likeness (QED) is 0.329. The summed E-state index contributed by atoms with van der Waals surface area (Å²) in [6.07, 6.45) is 1.25. The van der Waals surface area contributed by atoms with Crippen LogP contribution in [0.4, 0.5) is 0 Å². The number of carbonyl (C=O) groups is 1. The van der Waals surface area contributed by atoms with Crippen LogP contribution in [0.5, 0.6) is 0 Å². The number of hydrogen-bond donors (Lipinski definition) is 3. The number of nitrogens with one attached hydrogen (secondary N) is 1. The number of hydrogen-bond acceptors (Lipinski definition) is 5. The summed E-state index contributed by atoms with van der Waals surface area (Å²) in [4.78, 5) is 15.1. The van der Waals surface area contributed by atoms with E-state index in [2.05, 4.69) is 31.3 Å². The van der Waals surface area contributed by atoms with E-state index in [4.69, 9.17) is 10.9 Å². The maximum atomic E-state index is 12.3. The molecule has 0 aromatic carbocycles. The number of amidine groups is 1. The van der Waals surface area contributed by atoms with Crippen LogP contribution in [0.15, 0.2) is 21.1 Å². The van der Waals surface area contributed by atoms with E-state index in [0.717, 1.165) is 16.9 Å². The normalized spacial score (nSPS) is 19.8. The molecule has 1 saturated heterocycles. The summed E-state index contributed by atoms with van der Waals surface area (Å²) >= 11 is 4.69. The molecule has 0 aliphatic carbocycles. The van der Waals surface area contributed by atoms with E-state index in [1.807, 2.05) is 13.1 Å². The average Bonchev–Trinajstić information content (AvgIpc) is 2.87. The van der Waals surface area contributed by atoms with Crippen molar-refractivity contribution in [3.05, 3.63) is 20.8 Å². The van der Waals surface area contributed by atoms with Crippen LogP contribution in [0.3, 0.4) is 0 Å². The van der Waals surface area contributed by atoms with Gasteiger partial charge in [-0.3, -0.25) is 4.79 Å². The summed E-state index contributed by atoms with van der Waals surface area (Å²) in [5.74, 6) is -0.133. The topological polar surface area (TPSA) is 91.0 Å². The fraction of sp³-hybridized carbons (Fsp3) is 0.500. The van der Waals surface area contributed by atoms with Crippen LogP contribution in [0.1, 0.15) is 22.5 Å². The van der Waals surface area contributed by atoms with Gasteiger partial charge in [0, 0.05) is 13.1 Å². The maximum absolute atomic E-state index is 12.3. The molecule has 1 aromatic rings. The van der Waals surface area contributed by atoms with Crippen molar-refractivity contribution in [1.82, 2.24) is 10.2 Å². The number of nitrogens with zero attached hydrogens (tertiary/aromatic N) is 2. The molecule has 2 heterocycles. The van der Waals surface area contributed by atoms with E-state index in [1.165, 1.54) is 11.3 Å². The van der Waals surface area contributed by atoms with Crippen molar-refractivity contribution < 1.29 is 10.0 Å². The van der Waals surface area contributed by atoms with Gasteiger partial charge in [-0.1, -0.05) is 5.16 Å². The average molecular weight is 361 g/mol. The molecule has 8 heteroatoms. The molecule has 110 valence electrons. The molecule has 1 amide bonds. The third-order valence-electron chi connectivity index (χ3n) is 3.59. The highest BCUT2D eigenvalue weighted by molar-refractivity contribution is 9.11. The van der Waals surface area contributed by atoms with Crippen molar-refractivity contribution >= 4 is 39.0 Å². The Morgan fingerprint density at radius 1 is 1.55 bits per heavy atom. The highest BCUT2D eigenvalue weighted by atomic mass is 79.9. The van der Waals surface area contributed by atoms with E-state index in [1.54, 1.807) is 6.07 Å². The number of oxime groups is 1. The molecule has 0 radical (unpaired) electrons. The molecule has 1 aliphatic rings. The molecule has 1 aliphatic heterocycles. The monoisotopic (exact) mass is 360 g/mol. The fourth-order valence-corrected chi connectivity index (χ4v) is 3.54. The minimum atomic E-state index is -0.769. The highest BCUT2D eigenvalue weighted by Gasteiger charge is 2.39. The Kier molecular flexibility index (Phi) is 4.66. The number of thiophene rings is 1. The van der Waals surface area contributed by atoms with E-state index in [0.29, 0.717) is 17.7 Å². The Morgan fingerprint density at radius 3 is 2.70 bits per heavy atom. The van der Waals surface area contributed by atoms with Gasteiger partial charge in [0.1, 0.15) is 5.54 Å². The number of nitrogens with two attached hydrogens (primary N) is 1. The van der Waals surface area contributed by atoms with Gasteiger partial charge in [0.2, 0.25) is 0 Å². The molecule has 0 bridgehead atoms. The van der Waals surface area contributed by atoms with E-state index < -0.39 is 5.54 Å². The van der Waals surface area contributed by atoms with Crippen LogP contribution in [-0.4, -0.2) is 47.5 Å². The summed E-state index contributed by atoms with van der Waals surface area (Å²) in [5.41, 5.74) is 5.05. The molecular formula is C12H17BrN4O2S. The lowest BCUT2D eigenvalue weighted by molar-refractivity contribution is 0.0890. The molecule has 20 heavy (non-hydrogen) atoms. The van der Waals surface area contributed by atoms with Crippen LogP contribution in [0.25, 0.3) is 0 Å². The minimum absolute atomic E-state index is 0.0644. The predicted octanol–water partition coefficient (Wildman–Crippen LogP) is 1.45. The van der Waals surface area contributed by atoms with Crippen molar-refractivity contribution in [3.8, 4) is 0 Å². The molecule has 0 unspecified atom stereocenters. The predicted molar refractivity (Wildman–Crippen MR) is 82.4 cm³/mol. The number of halogens is 1. The number of amides is 1. The Balaban J connectivity index is 2.18. The first kappa shape index (κ1) is 15.3. The maximum Gasteiger partial charge on any atom is 0.262 e.